The van der Waals surface area contributed by atoms with E-state index in [9.17, 15) is 9.59 Å². The lowest BCUT2D eigenvalue weighted by molar-refractivity contribution is -0.130. The molecular weight excluding hydrogens is 444 g/mol. The number of ether oxygens (including phenoxy) is 2. The Labute approximate surface area is 197 Å². The van der Waals surface area contributed by atoms with Gasteiger partial charge in [-0.15, -0.1) is 0 Å². The Morgan fingerprint density at radius 1 is 0.939 bits per heavy atom. The van der Waals surface area contributed by atoms with Crippen LogP contribution in [0, 0.1) is 0 Å². The van der Waals surface area contributed by atoms with Crippen molar-refractivity contribution >= 4 is 23.4 Å². The molecule has 0 aliphatic carbocycles. The van der Waals surface area contributed by atoms with E-state index in [4.69, 9.17) is 26.2 Å². The molecule has 3 aromatic rings. The summed E-state index contributed by atoms with van der Waals surface area (Å²) in [6, 6.07) is 14.4. The fraction of sp³-hybridized carbons (Fsp3) is 0.292. The molecule has 0 bridgehead atoms. The summed E-state index contributed by atoms with van der Waals surface area (Å²) in [7, 11) is 3.16. The third-order valence-electron chi connectivity index (χ3n) is 5.68. The van der Waals surface area contributed by atoms with Gasteiger partial charge in [0.1, 0.15) is 17.2 Å². The van der Waals surface area contributed by atoms with Crippen molar-refractivity contribution in [2.24, 2.45) is 0 Å². The quantitative estimate of drug-likeness (QED) is 0.572. The molecule has 0 unspecified atom stereocenters. The van der Waals surface area contributed by atoms with Crippen molar-refractivity contribution in [1.82, 2.24) is 19.6 Å². The fourth-order valence-electron chi connectivity index (χ4n) is 3.87. The molecule has 2 aromatic carbocycles. The summed E-state index contributed by atoms with van der Waals surface area (Å²) in [5.41, 5.74) is 2.39. The lowest BCUT2D eigenvalue weighted by atomic mass is 10.1. The van der Waals surface area contributed by atoms with Crippen LogP contribution in [0.15, 0.2) is 48.5 Å². The minimum Gasteiger partial charge on any atom is -0.497 e. The first-order valence-electron chi connectivity index (χ1n) is 10.5. The van der Waals surface area contributed by atoms with Crippen LogP contribution in [-0.2, 0) is 4.79 Å². The van der Waals surface area contributed by atoms with Crippen LogP contribution < -0.4 is 9.47 Å². The van der Waals surface area contributed by atoms with Gasteiger partial charge in [-0.25, -0.2) is 4.68 Å². The number of methoxy groups -OCH3 is 2. The van der Waals surface area contributed by atoms with Crippen LogP contribution >= 0.6 is 11.6 Å². The van der Waals surface area contributed by atoms with Crippen molar-refractivity contribution in [3.8, 4) is 28.4 Å². The topological polar surface area (TPSA) is 76.9 Å². The fourth-order valence-corrected chi connectivity index (χ4v) is 4.05. The number of benzene rings is 2. The number of hydrogen-bond acceptors (Lipinski definition) is 5. The smallest absolute Gasteiger partial charge is 0.272 e. The molecular formula is C24H25ClN4O4. The molecule has 0 N–H and O–H groups in total. The van der Waals surface area contributed by atoms with Crippen molar-refractivity contribution in [3.05, 3.63) is 59.2 Å². The number of carbonyl (C=O) groups is 2. The second-order valence-corrected chi connectivity index (χ2v) is 8.11. The highest BCUT2D eigenvalue weighted by Crippen LogP contribution is 2.34. The highest BCUT2D eigenvalue weighted by Gasteiger charge is 2.27. The molecule has 1 aromatic heterocycles. The van der Waals surface area contributed by atoms with Crippen LogP contribution in [0.5, 0.6) is 11.5 Å². The normalized spacial score (nSPS) is 13.7. The third kappa shape index (κ3) is 4.66. The summed E-state index contributed by atoms with van der Waals surface area (Å²) in [6.45, 7) is 3.47. The number of aromatic nitrogens is 2. The molecule has 2 heterocycles. The molecule has 0 atom stereocenters. The number of piperazine rings is 1. The Balaban J connectivity index is 1.75. The molecule has 2 amide bonds. The van der Waals surface area contributed by atoms with Gasteiger partial charge in [0, 0.05) is 49.8 Å². The number of hydrogen-bond donors (Lipinski definition) is 0. The molecule has 0 saturated carbocycles. The number of carbonyl (C=O) groups excluding carboxylic acids is 2. The van der Waals surface area contributed by atoms with E-state index >= 15 is 0 Å². The standard InChI is InChI=1S/C24H25ClN4O4/c1-16(30)27-9-11-28(12-10-27)24(31)22-15-21(20-8-7-19(32-2)14-23(20)33-3)26-29(22)18-6-4-5-17(25)13-18/h4-8,13-15H,9-12H2,1-3H3. The van der Waals surface area contributed by atoms with Gasteiger partial charge in [0.2, 0.25) is 5.91 Å². The van der Waals surface area contributed by atoms with E-state index in [0.29, 0.717) is 59.8 Å². The summed E-state index contributed by atoms with van der Waals surface area (Å²) in [5.74, 6) is 1.09. The SMILES string of the molecule is COc1ccc(-c2cc(C(=O)N3CCN(C(C)=O)CC3)n(-c3cccc(Cl)c3)n2)c(OC)c1. The monoisotopic (exact) mass is 468 g/mol. The van der Waals surface area contributed by atoms with Gasteiger partial charge in [-0.1, -0.05) is 17.7 Å². The number of nitrogens with zero attached hydrogens (tertiary/aromatic N) is 4. The van der Waals surface area contributed by atoms with Gasteiger partial charge >= 0.3 is 0 Å². The summed E-state index contributed by atoms with van der Waals surface area (Å²) in [6.07, 6.45) is 0. The molecule has 4 rings (SSSR count). The van der Waals surface area contributed by atoms with Crippen LogP contribution in [0.4, 0.5) is 0 Å². The van der Waals surface area contributed by atoms with Crippen molar-refractivity contribution < 1.29 is 19.1 Å². The van der Waals surface area contributed by atoms with Crippen LogP contribution in [0.3, 0.4) is 0 Å². The number of rotatable bonds is 5. The predicted molar refractivity (Wildman–Crippen MR) is 125 cm³/mol. The van der Waals surface area contributed by atoms with Gasteiger partial charge in [-0.3, -0.25) is 9.59 Å². The van der Waals surface area contributed by atoms with Crippen LogP contribution in [0.25, 0.3) is 16.9 Å². The molecule has 1 fully saturated rings. The predicted octanol–water partition coefficient (Wildman–Crippen LogP) is 3.51. The average Bonchev–Trinajstić information content (AvgIpc) is 3.28. The second-order valence-electron chi connectivity index (χ2n) is 7.67. The Morgan fingerprint density at radius 3 is 2.30 bits per heavy atom. The van der Waals surface area contributed by atoms with Gasteiger partial charge in [0.25, 0.3) is 5.91 Å². The molecule has 1 saturated heterocycles. The average molecular weight is 469 g/mol. The van der Waals surface area contributed by atoms with Gasteiger partial charge in [-0.2, -0.15) is 5.10 Å². The first-order valence-corrected chi connectivity index (χ1v) is 10.9. The zero-order chi connectivity index (χ0) is 23.5. The van der Waals surface area contributed by atoms with Gasteiger partial charge < -0.3 is 19.3 Å². The summed E-state index contributed by atoms with van der Waals surface area (Å²) < 4.78 is 12.4. The number of halogens is 1. The second kappa shape index (κ2) is 9.54. The van der Waals surface area contributed by atoms with Gasteiger partial charge in [0.15, 0.2) is 0 Å². The third-order valence-corrected chi connectivity index (χ3v) is 5.91. The van der Waals surface area contributed by atoms with Crippen molar-refractivity contribution in [2.45, 2.75) is 6.92 Å². The van der Waals surface area contributed by atoms with E-state index in [1.54, 1.807) is 59.9 Å². The molecule has 33 heavy (non-hydrogen) atoms. The highest BCUT2D eigenvalue weighted by molar-refractivity contribution is 6.30. The Bertz CT molecular complexity index is 1180. The Kier molecular flexibility index (Phi) is 6.55. The maximum absolute atomic E-state index is 13.5. The van der Waals surface area contributed by atoms with E-state index in [0.717, 1.165) is 5.56 Å². The summed E-state index contributed by atoms with van der Waals surface area (Å²) in [5, 5.41) is 5.28. The van der Waals surface area contributed by atoms with Crippen LogP contribution in [-0.4, -0.2) is 71.8 Å². The molecule has 9 heteroatoms. The van der Waals surface area contributed by atoms with E-state index < -0.39 is 0 Å². The Hall–Kier alpha value is -3.52. The van der Waals surface area contributed by atoms with Crippen molar-refractivity contribution in [2.75, 3.05) is 40.4 Å². The minimum atomic E-state index is -0.163. The summed E-state index contributed by atoms with van der Waals surface area (Å²) in [4.78, 5) is 28.7. The lowest BCUT2D eigenvalue weighted by Crippen LogP contribution is -2.50. The first kappa shape index (κ1) is 22.7. The minimum absolute atomic E-state index is 0.0138. The summed E-state index contributed by atoms with van der Waals surface area (Å²) >= 11 is 6.22. The highest BCUT2D eigenvalue weighted by atomic mass is 35.5. The first-order chi connectivity index (χ1) is 15.9. The number of amides is 2. The zero-order valence-corrected chi connectivity index (χ0v) is 19.5. The van der Waals surface area contributed by atoms with Gasteiger partial charge in [-0.05, 0) is 36.4 Å². The van der Waals surface area contributed by atoms with Crippen molar-refractivity contribution in [1.29, 1.82) is 0 Å². The molecule has 0 spiro atoms. The largest absolute Gasteiger partial charge is 0.497 e. The maximum atomic E-state index is 13.5. The molecule has 1 aliphatic heterocycles. The Morgan fingerprint density at radius 2 is 1.67 bits per heavy atom. The maximum Gasteiger partial charge on any atom is 0.272 e. The molecule has 0 radical (unpaired) electrons. The van der Waals surface area contributed by atoms with Crippen molar-refractivity contribution in [3.63, 3.8) is 0 Å². The zero-order valence-electron chi connectivity index (χ0n) is 18.7. The molecule has 8 nitrogen and oxygen atoms in total. The molecule has 1 aliphatic rings. The van der Waals surface area contributed by atoms with E-state index in [1.165, 1.54) is 0 Å². The van der Waals surface area contributed by atoms with E-state index in [2.05, 4.69) is 0 Å². The van der Waals surface area contributed by atoms with Crippen LogP contribution in [0.1, 0.15) is 17.4 Å². The van der Waals surface area contributed by atoms with E-state index in [-0.39, 0.29) is 11.8 Å². The lowest BCUT2D eigenvalue weighted by Gasteiger charge is -2.34. The molecule has 172 valence electrons. The van der Waals surface area contributed by atoms with Gasteiger partial charge in [0.05, 0.1) is 25.6 Å². The van der Waals surface area contributed by atoms with Crippen LogP contribution in [0.2, 0.25) is 5.02 Å². The van der Waals surface area contributed by atoms with E-state index in [1.807, 2.05) is 24.3 Å².